The molecule has 0 atom stereocenters. The molecule has 0 aliphatic heterocycles. The summed E-state index contributed by atoms with van der Waals surface area (Å²) in [5.41, 5.74) is 5.27. The molecule has 0 saturated heterocycles. The lowest BCUT2D eigenvalue weighted by Crippen LogP contribution is -2.22. The minimum absolute atomic E-state index is 0. The van der Waals surface area contributed by atoms with Gasteiger partial charge in [-0.05, 0) is 47.5 Å². The summed E-state index contributed by atoms with van der Waals surface area (Å²) in [6.07, 6.45) is 3.47. The molecule has 0 fully saturated rings. The molecule has 0 aliphatic rings. The highest BCUT2D eigenvalue weighted by Crippen LogP contribution is 2.22. The number of aliphatic hydroxyl groups excluding tert-OH is 1. The van der Waals surface area contributed by atoms with Gasteiger partial charge in [-0.25, -0.2) is 15.0 Å². The van der Waals surface area contributed by atoms with Crippen molar-refractivity contribution < 1.29 is 29.0 Å². The predicted molar refractivity (Wildman–Crippen MR) is 219 cm³/mol. The second-order valence-corrected chi connectivity index (χ2v) is 14.8. The summed E-state index contributed by atoms with van der Waals surface area (Å²) in [4.78, 5) is 76.4. The van der Waals surface area contributed by atoms with E-state index in [4.69, 9.17) is 9.84 Å². The fraction of sp³-hybridized carbons (Fsp3) is 0.289. The number of aromatic nitrogens is 4. The molecule has 2 aromatic heterocycles. The number of ketones is 4. The number of nitrogens with one attached hydrogen (secondary N) is 1. The van der Waals surface area contributed by atoms with Gasteiger partial charge in [-0.3, -0.25) is 24.0 Å². The number of rotatable bonds is 9. The minimum atomic E-state index is -0.384. The first-order valence-corrected chi connectivity index (χ1v) is 17.6. The summed E-state index contributed by atoms with van der Waals surface area (Å²) >= 11 is 0. The molecule has 2 heterocycles. The number of Topliss-reactive ketones (excluding diaryl/α,β-unsaturated/α-hetero) is 2. The third kappa shape index (κ3) is 11.4. The van der Waals surface area contributed by atoms with Crippen LogP contribution in [-0.4, -0.2) is 62.4 Å². The van der Waals surface area contributed by atoms with E-state index in [-0.39, 0.29) is 46.9 Å². The second kappa shape index (κ2) is 18.9. The van der Waals surface area contributed by atoms with Crippen molar-refractivity contribution in [2.75, 3.05) is 14.2 Å². The number of aromatic amines is 1. The number of H-pyrrole nitrogens is 1. The number of fused-ring (bicyclic) bond motifs is 2. The van der Waals surface area contributed by atoms with Gasteiger partial charge < -0.3 is 14.8 Å². The predicted octanol–water partition coefficient (Wildman–Crippen LogP) is 7.58. The summed E-state index contributed by atoms with van der Waals surface area (Å²) in [5.74, 6) is 0.478. The van der Waals surface area contributed by atoms with Crippen LogP contribution in [0.3, 0.4) is 0 Å². The van der Waals surface area contributed by atoms with E-state index < -0.39 is 0 Å². The first-order valence-electron chi connectivity index (χ1n) is 17.6. The van der Waals surface area contributed by atoms with Crippen molar-refractivity contribution in [3.8, 4) is 5.88 Å². The first-order chi connectivity index (χ1) is 26.0. The van der Waals surface area contributed by atoms with E-state index in [2.05, 4.69) is 19.9 Å². The maximum atomic E-state index is 12.8. The van der Waals surface area contributed by atoms with Crippen LogP contribution in [0.15, 0.2) is 102 Å². The normalized spacial score (nSPS) is 10.9. The van der Waals surface area contributed by atoms with Crippen LogP contribution in [0.25, 0.3) is 22.1 Å². The van der Waals surface area contributed by atoms with Gasteiger partial charge in [-0.1, -0.05) is 97.5 Å². The standard InChI is InChI=1S/C22H22N2O3.C21H20N2O3.CH4O.CH4/c1-22(2,3)19(25)11-14-5-7-15(8-6-14)21(26)16-9-10-17-18(12-16)24-20(27-4)13-23-17;1-21(2,3)18(24)10-13-4-6-14(7-5-13)20(26)15-8-9-16-17(11-15)23-19(25)12-22-16;1-2;/h5-10,12-13H,11H2,1-4H3;4-9,11-12H,10H2,1-3H3,(H,23,25);2H,1H3;1H4. The molecule has 11 nitrogen and oxygen atoms in total. The van der Waals surface area contributed by atoms with Crippen LogP contribution in [0.1, 0.15) is 91.9 Å². The number of benzene rings is 4. The number of hydrogen-bond donors (Lipinski definition) is 2. The van der Waals surface area contributed by atoms with E-state index in [0.29, 0.717) is 63.0 Å². The van der Waals surface area contributed by atoms with E-state index >= 15 is 0 Å². The van der Waals surface area contributed by atoms with Crippen molar-refractivity contribution in [3.05, 3.63) is 141 Å². The molecule has 6 rings (SSSR count). The fourth-order valence-corrected chi connectivity index (χ4v) is 5.20. The largest absolute Gasteiger partial charge is 0.480 e. The zero-order valence-electron chi connectivity index (χ0n) is 32.4. The van der Waals surface area contributed by atoms with Crippen molar-refractivity contribution in [1.29, 1.82) is 0 Å². The molecule has 0 radical (unpaired) electrons. The molecule has 4 aromatic carbocycles. The van der Waals surface area contributed by atoms with Crippen molar-refractivity contribution >= 4 is 45.2 Å². The number of carbonyl (C=O) groups excluding carboxylic acids is 4. The monoisotopic (exact) mass is 758 g/mol. The van der Waals surface area contributed by atoms with Crippen LogP contribution in [0.2, 0.25) is 0 Å². The third-order valence-electron chi connectivity index (χ3n) is 8.66. The van der Waals surface area contributed by atoms with Crippen LogP contribution in [0, 0.1) is 10.8 Å². The second-order valence-electron chi connectivity index (χ2n) is 14.8. The zero-order chi connectivity index (χ0) is 40.5. The van der Waals surface area contributed by atoms with Crippen molar-refractivity contribution in [3.63, 3.8) is 0 Å². The molecular weight excluding hydrogens is 709 g/mol. The van der Waals surface area contributed by atoms with Crippen LogP contribution < -0.4 is 10.3 Å². The van der Waals surface area contributed by atoms with Crippen molar-refractivity contribution in [2.24, 2.45) is 10.8 Å². The van der Waals surface area contributed by atoms with E-state index in [1.807, 2.05) is 53.7 Å². The molecule has 11 heteroatoms. The summed E-state index contributed by atoms with van der Waals surface area (Å²) < 4.78 is 5.09. The van der Waals surface area contributed by atoms with Crippen LogP contribution >= 0.6 is 0 Å². The quantitative estimate of drug-likeness (QED) is 0.140. The molecule has 292 valence electrons. The Kier molecular flexibility index (Phi) is 14.9. The summed E-state index contributed by atoms with van der Waals surface area (Å²) in [7, 11) is 2.52. The Balaban J connectivity index is 0.000000283. The minimum Gasteiger partial charge on any atom is -0.480 e. The average molecular weight is 759 g/mol. The number of nitrogens with zero attached hydrogens (tertiary/aromatic N) is 3. The number of hydrogen-bond acceptors (Lipinski definition) is 10. The molecule has 6 aromatic rings. The molecule has 0 aliphatic carbocycles. The molecule has 56 heavy (non-hydrogen) atoms. The molecule has 0 spiro atoms. The van der Waals surface area contributed by atoms with Crippen molar-refractivity contribution in [2.45, 2.75) is 61.8 Å². The Labute approximate surface area is 327 Å². The average Bonchev–Trinajstić information content (AvgIpc) is 3.17. The van der Waals surface area contributed by atoms with Crippen LogP contribution in [-0.2, 0) is 22.4 Å². The summed E-state index contributed by atoms with van der Waals surface area (Å²) in [6.45, 7) is 11.4. The molecular formula is C45H50N4O7. The van der Waals surface area contributed by atoms with Gasteiger partial charge in [0.2, 0.25) is 5.88 Å². The maximum Gasteiger partial charge on any atom is 0.266 e. The van der Waals surface area contributed by atoms with Gasteiger partial charge in [-0.2, -0.15) is 0 Å². The van der Waals surface area contributed by atoms with Crippen LogP contribution in [0.5, 0.6) is 5.88 Å². The highest BCUT2D eigenvalue weighted by molar-refractivity contribution is 6.11. The van der Waals surface area contributed by atoms with E-state index in [1.54, 1.807) is 79.0 Å². The lowest BCUT2D eigenvalue weighted by Gasteiger charge is -2.16. The maximum absolute atomic E-state index is 12.8. The van der Waals surface area contributed by atoms with E-state index in [0.717, 1.165) is 18.2 Å². The third-order valence-corrected chi connectivity index (χ3v) is 8.66. The van der Waals surface area contributed by atoms with Gasteiger partial charge in [0.05, 0.1) is 41.6 Å². The Bertz CT molecular complexity index is 2390. The van der Waals surface area contributed by atoms with Gasteiger partial charge in [0.1, 0.15) is 11.6 Å². The Morgan fingerprint density at radius 2 is 1.04 bits per heavy atom. The Hall–Kier alpha value is -6.20. The van der Waals surface area contributed by atoms with Crippen LogP contribution in [0.4, 0.5) is 0 Å². The van der Waals surface area contributed by atoms with Gasteiger partial charge in [0.25, 0.3) is 5.56 Å². The zero-order valence-corrected chi connectivity index (χ0v) is 32.4. The Morgan fingerprint density at radius 1 is 0.607 bits per heavy atom. The summed E-state index contributed by atoms with van der Waals surface area (Å²) in [6, 6.07) is 24.5. The lowest BCUT2D eigenvalue weighted by atomic mass is 9.87. The van der Waals surface area contributed by atoms with Gasteiger partial charge in [-0.15, -0.1) is 0 Å². The van der Waals surface area contributed by atoms with Gasteiger partial charge in [0, 0.05) is 53.0 Å². The molecule has 0 bridgehead atoms. The van der Waals surface area contributed by atoms with Gasteiger partial charge >= 0.3 is 0 Å². The smallest absolute Gasteiger partial charge is 0.266 e. The summed E-state index contributed by atoms with van der Waals surface area (Å²) in [5, 5.41) is 7.00. The SMILES string of the molecule is C.CC(C)(C)C(=O)Cc1ccc(C(=O)c2ccc3ncc(=O)[nH]c3c2)cc1.CO.COc1cnc2ccc(C(=O)c3ccc(CC(=O)C(C)(C)C)cc3)cc2n1. The number of ether oxygens (including phenoxy) is 1. The van der Waals surface area contributed by atoms with E-state index in [1.165, 1.54) is 13.3 Å². The first kappa shape index (κ1) is 44.2. The number of aliphatic hydroxyl groups is 1. The lowest BCUT2D eigenvalue weighted by molar-refractivity contribution is -0.126. The Morgan fingerprint density at radius 3 is 1.50 bits per heavy atom. The highest BCUT2D eigenvalue weighted by Gasteiger charge is 2.22. The topological polar surface area (TPSA) is 169 Å². The highest BCUT2D eigenvalue weighted by atomic mass is 16.5. The molecule has 0 amide bonds. The molecule has 0 saturated carbocycles. The van der Waals surface area contributed by atoms with Gasteiger partial charge in [0.15, 0.2) is 11.6 Å². The molecule has 0 unspecified atom stereocenters. The number of carbonyl (C=O) groups is 4. The van der Waals surface area contributed by atoms with E-state index in [9.17, 15) is 24.0 Å². The van der Waals surface area contributed by atoms with Crippen molar-refractivity contribution in [1.82, 2.24) is 19.9 Å². The fourth-order valence-electron chi connectivity index (χ4n) is 5.20. The number of methoxy groups -OCH3 is 1. The molecule has 2 N–H and O–H groups in total.